The third-order valence-corrected chi connectivity index (χ3v) is 4.26. The van der Waals surface area contributed by atoms with E-state index in [1.54, 1.807) is 0 Å². The predicted octanol–water partition coefficient (Wildman–Crippen LogP) is 1.57. The van der Waals surface area contributed by atoms with Gasteiger partial charge in [0.05, 0.1) is 22.5 Å². The lowest BCUT2D eigenvalue weighted by atomic mass is 10.2. The van der Waals surface area contributed by atoms with Gasteiger partial charge in [0.15, 0.2) is 5.03 Å². The van der Waals surface area contributed by atoms with Crippen LogP contribution in [0.1, 0.15) is 10.4 Å². The molecule has 0 aliphatic carbocycles. The smallest absolute Gasteiger partial charge is 0.335 e. The third kappa shape index (κ3) is 2.75. The predicted molar refractivity (Wildman–Crippen MR) is 72.4 cm³/mol. The van der Waals surface area contributed by atoms with Gasteiger partial charge in [0.25, 0.3) is 10.0 Å². The molecule has 0 fully saturated rings. The van der Waals surface area contributed by atoms with Gasteiger partial charge in [0, 0.05) is 7.05 Å². The molecule has 0 aliphatic rings. The molecule has 0 radical (unpaired) electrons. The molecule has 0 saturated heterocycles. The van der Waals surface area contributed by atoms with Crippen molar-refractivity contribution in [2.75, 3.05) is 4.72 Å². The molecule has 0 atom stereocenters. The lowest BCUT2D eigenvalue weighted by Crippen LogP contribution is -2.17. The van der Waals surface area contributed by atoms with E-state index in [-0.39, 0.29) is 21.3 Å². The first-order valence-corrected chi connectivity index (χ1v) is 7.21. The highest BCUT2D eigenvalue weighted by Crippen LogP contribution is 2.25. The van der Waals surface area contributed by atoms with Gasteiger partial charge in [0.1, 0.15) is 0 Å². The number of nitrogens with zero attached hydrogens (tertiary/aromatic N) is 2. The van der Waals surface area contributed by atoms with E-state index in [1.165, 1.54) is 42.2 Å². The Balaban J connectivity index is 2.36. The summed E-state index contributed by atoms with van der Waals surface area (Å²) in [5.74, 6) is -1.15. The molecular formula is C11H10ClN3O4S. The lowest BCUT2D eigenvalue weighted by molar-refractivity contribution is 0.0697. The highest BCUT2D eigenvalue weighted by molar-refractivity contribution is 7.92. The zero-order valence-corrected chi connectivity index (χ0v) is 11.8. The Morgan fingerprint density at radius 2 is 2.10 bits per heavy atom. The van der Waals surface area contributed by atoms with Gasteiger partial charge in [-0.15, -0.1) is 0 Å². The number of benzene rings is 1. The number of aryl methyl sites for hydroxylation is 1. The van der Waals surface area contributed by atoms with Crippen LogP contribution in [0.15, 0.2) is 35.5 Å². The summed E-state index contributed by atoms with van der Waals surface area (Å²) in [4.78, 5) is 10.8. The second kappa shape index (κ2) is 5.14. The van der Waals surface area contributed by atoms with Crippen molar-refractivity contribution < 1.29 is 18.3 Å². The van der Waals surface area contributed by atoms with E-state index in [2.05, 4.69) is 9.82 Å². The third-order valence-electron chi connectivity index (χ3n) is 2.51. The standard InChI is InChI=1S/C11H10ClN3O4S/c1-15-10(4-5-13-15)20(18,19)14-9-3-2-7(11(16)17)6-8(9)12/h2-6,14H,1H3,(H,16,17). The Morgan fingerprint density at radius 3 is 2.60 bits per heavy atom. The summed E-state index contributed by atoms with van der Waals surface area (Å²) in [5, 5.41) is 12.5. The Labute approximate surface area is 119 Å². The molecular weight excluding hydrogens is 306 g/mol. The van der Waals surface area contributed by atoms with Crippen molar-refractivity contribution in [3.63, 3.8) is 0 Å². The molecule has 2 aromatic rings. The van der Waals surface area contributed by atoms with Crippen LogP contribution in [0.3, 0.4) is 0 Å². The van der Waals surface area contributed by atoms with Gasteiger partial charge < -0.3 is 5.11 Å². The minimum atomic E-state index is -3.84. The molecule has 1 aromatic carbocycles. The molecule has 2 N–H and O–H groups in total. The first kappa shape index (κ1) is 14.4. The Hall–Kier alpha value is -2.06. The largest absolute Gasteiger partial charge is 0.478 e. The van der Waals surface area contributed by atoms with E-state index in [0.29, 0.717) is 0 Å². The maximum atomic E-state index is 12.1. The van der Waals surface area contributed by atoms with Crippen molar-refractivity contribution in [3.8, 4) is 0 Å². The van der Waals surface area contributed by atoms with Crippen LogP contribution in [0.2, 0.25) is 5.02 Å². The molecule has 0 aliphatic heterocycles. The molecule has 1 heterocycles. The van der Waals surface area contributed by atoms with Crippen molar-refractivity contribution in [2.24, 2.45) is 7.05 Å². The molecule has 0 unspecified atom stereocenters. The van der Waals surface area contributed by atoms with E-state index in [9.17, 15) is 13.2 Å². The second-order valence-corrected chi connectivity index (χ2v) is 5.93. The Morgan fingerprint density at radius 1 is 1.40 bits per heavy atom. The van der Waals surface area contributed by atoms with E-state index in [4.69, 9.17) is 16.7 Å². The van der Waals surface area contributed by atoms with E-state index < -0.39 is 16.0 Å². The fourth-order valence-electron chi connectivity index (χ4n) is 1.55. The number of anilines is 1. The van der Waals surface area contributed by atoms with Crippen LogP contribution >= 0.6 is 11.6 Å². The summed E-state index contributed by atoms with van der Waals surface area (Å²) in [6.45, 7) is 0. The first-order chi connectivity index (χ1) is 9.31. The number of halogens is 1. The molecule has 2 rings (SSSR count). The van der Waals surface area contributed by atoms with Gasteiger partial charge in [-0.25, -0.2) is 4.79 Å². The minimum absolute atomic E-state index is 0.00403. The maximum Gasteiger partial charge on any atom is 0.335 e. The number of rotatable bonds is 4. The summed E-state index contributed by atoms with van der Waals surface area (Å²) in [6, 6.07) is 5.06. The molecule has 0 spiro atoms. The number of sulfonamides is 1. The van der Waals surface area contributed by atoms with Gasteiger partial charge in [-0.2, -0.15) is 13.5 Å². The van der Waals surface area contributed by atoms with Gasteiger partial charge >= 0.3 is 5.97 Å². The van der Waals surface area contributed by atoms with Crippen LogP contribution in [-0.2, 0) is 17.1 Å². The first-order valence-electron chi connectivity index (χ1n) is 5.35. The van der Waals surface area contributed by atoms with Gasteiger partial charge in [0.2, 0.25) is 0 Å². The average molecular weight is 316 g/mol. The summed E-state index contributed by atoms with van der Waals surface area (Å²) in [6.07, 6.45) is 1.35. The maximum absolute atomic E-state index is 12.1. The summed E-state index contributed by atoms with van der Waals surface area (Å²) >= 11 is 5.87. The highest BCUT2D eigenvalue weighted by Gasteiger charge is 2.19. The van der Waals surface area contributed by atoms with Crippen LogP contribution in [0, 0.1) is 0 Å². The molecule has 0 bridgehead atoms. The fourth-order valence-corrected chi connectivity index (χ4v) is 3.04. The molecule has 0 saturated carbocycles. The minimum Gasteiger partial charge on any atom is -0.478 e. The molecule has 9 heteroatoms. The van der Waals surface area contributed by atoms with Crippen LogP contribution < -0.4 is 4.72 Å². The SMILES string of the molecule is Cn1nccc1S(=O)(=O)Nc1ccc(C(=O)O)cc1Cl. The number of hydrogen-bond acceptors (Lipinski definition) is 4. The monoisotopic (exact) mass is 315 g/mol. The molecule has 106 valence electrons. The van der Waals surface area contributed by atoms with Crippen LogP contribution in [0.4, 0.5) is 5.69 Å². The number of aromatic carboxylic acids is 1. The number of nitrogens with one attached hydrogen (secondary N) is 1. The fraction of sp³-hybridized carbons (Fsp3) is 0.0909. The van der Waals surface area contributed by atoms with Crippen molar-refractivity contribution >= 4 is 33.3 Å². The average Bonchev–Trinajstić information content (AvgIpc) is 2.78. The topological polar surface area (TPSA) is 101 Å². The van der Waals surface area contributed by atoms with Crippen LogP contribution in [0.25, 0.3) is 0 Å². The zero-order chi connectivity index (χ0) is 14.9. The summed E-state index contributed by atoms with van der Waals surface area (Å²) < 4.78 is 27.7. The number of aromatic nitrogens is 2. The number of carbonyl (C=O) groups is 1. The zero-order valence-electron chi connectivity index (χ0n) is 10.2. The second-order valence-electron chi connectivity index (χ2n) is 3.90. The van der Waals surface area contributed by atoms with Crippen molar-refractivity contribution in [1.82, 2.24) is 9.78 Å². The number of hydrogen-bond donors (Lipinski definition) is 2. The Kier molecular flexibility index (Phi) is 3.69. The Bertz CT molecular complexity index is 770. The molecule has 20 heavy (non-hydrogen) atoms. The molecule has 0 amide bonds. The van der Waals surface area contributed by atoms with Gasteiger partial charge in [-0.05, 0) is 24.3 Å². The molecule has 7 nitrogen and oxygen atoms in total. The summed E-state index contributed by atoms with van der Waals surface area (Å²) in [7, 11) is -2.35. The normalized spacial score (nSPS) is 11.3. The lowest BCUT2D eigenvalue weighted by Gasteiger charge is -2.10. The molecule has 1 aromatic heterocycles. The van der Waals surface area contributed by atoms with E-state index >= 15 is 0 Å². The van der Waals surface area contributed by atoms with Crippen LogP contribution in [-0.4, -0.2) is 29.3 Å². The van der Waals surface area contributed by atoms with Crippen molar-refractivity contribution in [3.05, 3.63) is 41.0 Å². The van der Waals surface area contributed by atoms with E-state index in [0.717, 1.165) is 0 Å². The van der Waals surface area contributed by atoms with Gasteiger partial charge in [-0.3, -0.25) is 9.40 Å². The highest BCUT2D eigenvalue weighted by atomic mass is 35.5. The number of carboxylic acids is 1. The van der Waals surface area contributed by atoms with Crippen molar-refractivity contribution in [1.29, 1.82) is 0 Å². The van der Waals surface area contributed by atoms with Crippen molar-refractivity contribution in [2.45, 2.75) is 5.03 Å². The van der Waals surface area contributed by atoms with Crippen LogP contribution in [0.5, 0.6) is 0 Å². The number of carboxylic acid groups (broad SMARTS) is 1. The quantitative estimate of drug-likeness (QED) is 0.891. The summed E-state index contributed by atoms with van der Waals surface area (Å²) in [5.41, 5.74) is 0.0661. The van der Waals surface area contributed by atoms with E-state index in [1.807, 2.05) is 0 Å². The van der Waals surface area contributed by atoms with Gasteiger partial charge in [-0.1, -0.05) is 11.6 Å².